The number of ether oxygens (including phenoxy) is 1. The van der Waals surface area contributed by atoms with E-state index in [9.17, 15) is 14.4 Å². The number of esters is 1. The van der Waals surface area contributed by atoms with E-state index in [4.69, 9.17) is 16.3 Å². The standard InChI is InChI=1S/C25H22ClN3O4/c1-14-5-6-17(24(31)33-4)13-22(14)28-15(2)11-18(16(28)3)12-21-23(30)29(25(32)27-21)20-9-7-19(26)8-10-20/h5-13H,1-4H3,(H,27,32)/b21-12+. The quantitative estimate of drug-likeness (QED) is 0.337. The fourth-order valence-electron chi connectivity index (χ4n) is 3.91. The highest BCUT2D eigenvalue weighted by atomic mass is 35.5. The third kappa shape index (κ3) is 4.03. The van der Waals surface area contributed by atoms with Crippen molar-refractivity contribution in [1.82, 2.24) is 9.88 Å². The number of halogens is 1. The summed E-state index contributed by atoms with van der Waals surface area (Å²) in [6.07, 6.45) is 1.66. The number of aromatic nitrogens is 1. The van der Waals surface area contributed by atoms with Gasteiger partial charge in [-0.1, -0.05) is 17.7 Å². The topological polar surface area (TPSA) is 80.6 Å². The van der Waals surface area contributed by atoms with E-state index in [-0.39, 0.29) is 5.70 Å². The molecule has 0 unspecified atom stereocenters. The van der Waals surface area contributed by atoms with Crippen molar-refractivity contribution in [2.45, 2.75) is 20.8 Å². The van der Waals surface area contributed by atoms with Gasteiger partial charge in [0.1, 0.15) is 5.70 Å². The van der Waals surface area contributed by atoms with E-state index < -0.39 is 17.9 Å². The number of imide groups is 1. The van der Waals surface area contributed by atoms with Crippen molar-refractivity contribution in [3.05, 3.63) is 87.3 Å². The molecular formula is C25H22ClN3O4. The summed E-state index contributed by atoms with van der Waals surface area (Å²) >= 11 is 5.92. The van der Waals surface area contributed by atoms with Crippen LogP contribution in [0.4, 0.5) is 10.5 Å². The van der Waals surface area contributed by atoms with Gasteiger partial charge in [0, 0.05) is 22.1 Å². The van der Waals surface area contributed by atoms with Crippen LogP contribution in [0.5, 0.6) is 0 Å². The molecule has 0 spiro atoms. The Kier molecular flexibility index (Phi) is 5.82. The van der Waals surface area contributed by atoms with Crippen molar-refractivity contribution in [3.63, 3.8) is 0 Å². The number of urea groups is 1. The lowest BCUT2D eigenvalue weighted by Gasteiger charge is -2.14. The summed E-state index contributed by atoms with van der Waals surface area (Å²) in [4.78, 5) is 38.6. The molecule has 3 amide bonds. The second-order valence-electron chi connectivity index (χ2n) is 7.76. The predicted molar refractivity (Wildman–Crippen MR) is 127 cm³/mol. The number of benzene rings is 2. The first-order valence-corrected chi connectivity index (χ1v) is 10.6. The molecule has 1 aliphatic rings. The van der Waals surface area contributed by atoms with Crippen LogP contribution in [0.3, 0.4) is 0 Å². The normalized spacial score (nSPS) is 14.7. The molecule has 3 aromatic rings. The zero-order valence-corrected chi connectivity index (χ0v) is 19.4. The molecular weight excluding hydrogens is 442 g/mol. The molecule has 8 heteroatoms. The van der Waals surface area contributed by atoms with Gasteiger partial charge in [-0.3, -0.25) is 4.79 Å². The van der Waals surface area contributed by atoms with Crippen molar-refractivity contribution in [3.8, 4) is 5.69 Å². The molecule has 0 bridgehead atoms. The van der Waals surface area contributed by atoms with Gasteiger partial charge in [-0.05, 0) is 80.4 Å². The number of amides is 3. The van der Waals surface area contributed by atoms with Gasteiger partial charge in [-0.15, -0.1) is 0 Å². The Morgan fingerprint density at radius 2 is 1.73 bits per heavy atom. The van der Waals surface area contributed by atoms with E-state index in [1.54, 1.807) is 42.5 Å². The molecule has 1 fully saturated rings. The number of nitrogens with zero attached hydrogens (tertiary/aromatic N) is 2. The van der Waals surface area contributed by atoms with Crippen LogP contribution in [-0.4, -0.2) is 29.6 Å². The molecule has 0 saturated carbocycles. The molecule has 7 nitrogen and oxygen atoms in total. The Hall–Kier alpha value is -3.84. The highest BCUT2D eigenvalue weighted by Gasteiger charge is 2.35. The number of rotatable bonds is 4. The minimum atomic E-state index is -0.524. The molecule has 168 valence electrons. The van der Waals surface area contributed by atoms with Crippen molar-refractivity contribution >= 4 is 41.3 Å². The molecule has 2 aromatic carbocycles. The largest absolute Gasteiger partial charge is 0.465 e. The summed E-state index contributed by atoms with van der Waals surface area (Å²) < 4.78 is 6.86. The Morgan fingerprint density at radius 1 is 1.03 bits per heavy atom. The minimum Gasteiger partial charge on any atom is -0.465 e. The Morgan fingerprint density at radius 3 is 2.39 bits per heavy atom. The second-order valence-corrected chi connectivity index (χ2v) is 8.20. The van der Waals surface area contributed by atoms with E-state index in [1.807, 2.05) is 37.5 Å². The van der Waals surface area contributed by atoms with E-state index >= 15 is 0 Å². The zero-order chi connectivity index (χ0) is 23.9. The molecule has 33 heavy (non-hydrogen) atoms. The van der Waals surface area contributed by atoms with E-state index in [2.05, 4.69) is 5.32 Å². The van der Waals surface area contributed by atoms with Crippen LogP contribution in [0.1, 0.15) is 32.9 Å². The van der Waals surface area contributed by atoms with E-state index in [0.717, 1.165) is 33.1 Å². The number of nitrogens with one attached hydrogen (secondary N) is 1. The lowest BCUT2D eigenvalue weighted by Crippen LogP contribution is -2.30. The van der Waals surface area contributed by atoms with Crippen LogP contribution in [0.15, 0.2) is 54.2 Å². The third-order valence-electron chi connectivity index (χ3n) is 5.60. The first-order valence-electron chi connectivity index (χ1n) is 10.2. The number of aryl methyl sites for hydroxylation is 2. The molecule has 1 N–H and O–H groups in total. The monoisotopic (exact) mass is 463 g/mol. The number of carbonyl (C=O) groups is 3. The third-order valence-corrected chi connectivity index (χ3v) is 5.86. The number of anilines is 1. The van der Waals surface area contributed by atoms with Gasteiger partial charge in [0.05, 0.1) is 18.4 Å². The van der Waals surface area contributed by atoms with Gasteiger partial charge >= 0.3 is 12.0 Å². The lowest BCUT2D eigenvalue weighted by molar-refractivity contribution is -0.113. The SMILES string of the molecule is COC(=O)c1ccc(C)c(-n2c(C)cc(/C=C3/NC(=O)N(c4ccc(Cl)cc4)C3=O)c2C)c1. The summed E-state index contributed by atoms with van der Waals surface area (Å²) in [6, 6.07) is 13.2. The lowest BCUT2D eigenvalue weighted by atomic mass is 10.1. The maximum atomic E-state index is 13.0. The van der Waals surface area contributed by atoms with E-state index in [0.29, 0.717) is 16.3 Å². The van der Waals surface area contributed by atoms with Gasteiger partial charge in [0.15, 0.2) is 0 Å². The minimum absolute atomic E-state index is 0.176. The van der Waals surface area contributed by atoms with Gasteiger partial charge in [-0.25, -0.2) is 14.5 Å². The van der Waals surface area contributed by atoms with Gasteiger partial charge < -0.3 is 14.6 Å². The molecule has 1 aliphatic heterocycles. The molecule has 0 atom stereocenters. The van der Waals surface area contributed by atoms with Crippen molar-refractivity contribution in [2.75, 3.05) is 12.0 Å². The fourth-order valence-corrected chi connectivity index (χ4v) is 4.04. The van der Waals surface area contributed by atoms with Crippen LogP contribution in [0.2, 0.25) is 5.02 Å². The predicted octanol–water partition coefficient (Wildman–Crippen LogP) is 4.94. The Bertz CT molecular complexity index is 1320. The molecule has 0 radical (unpaired) electrons. The smallest absolute Gasteiger partial charge is 0.337 e. The van der Waals surface area contributed by atoms with Crippen LogP contribution in [0.25, 0.3) is 11.8 Å². The Labute approximate surface area is 196 Å². The zero-order valence-electron chi connectivity index (χ0n) is 18.6. The van der Waals surface area contributed by atoms with Gasteiger partial charge in [-0.2, -0.15) is 0 Å². The maximum absolute atomic E-state index is 13.0. The Balaban J connectivity index is 1.72. The van der Waals surface area contributed by atoms with Crippen LogP contribution in [0, 0.1) is 20.8 Å². The summed E-state index contributed by atoms with van der Waals surface area (Å²) in [5, 5.41) is 3.16. The van der Waals surface area contributed by atoms with Crippen LogP contribution < -0.4 is 10.2 Å². The first-order chi connectivity index (χ1) is 15.7. The van der Waals surface area contributed by atoms with E-state index in [1.165, 1.54) is 7.11 Å². The summed E-state index contributed by atoms with van der Waals surface area (Å²) in [6.45, 7) is 5.81. The fraction of sp³-hybridized carbons (Fsp3) is 0.160. The molecule has 1 saturated heterocycles. The average molecular weight is 464 g/mol. The highest BCUT2D eigenvalue weighted by Crippen LogP contribution is 2.28. The average Bonchev–Trinajstić information content (AvgIpc) is 3.22. The second kappa shape index (κ2) is 8.60. The highest BCUT2D eigenvalue weighted by molar-refractivity contribution is 6.31. The molecule has 1 aromatic heterocycles. The molecule has 4 rings (SSSR count). The van der Waals surface area contributed by atoms with Crippen LogP contribution >= 0.6 is 11.6 Å². The molecule has 0 aliphatic carbocycles. The summed E-state index contributed by atoms with van der Waals surface area (Å²) in [5.41, 5.74) is 5.42. The number of carbonyl (C=O) groups excluding carboxylic acids is 3. The van der Waals surface area contributed by atoms with Crippen molar-refractivity contribution in [2.24, 2.45) is 0 Å². The van der Waals surface area contributed by atoms with Gasteiger partial charge in [0.25, 0.3) is 5.91 Å². The van der Waals surface area contributed by atoms with Crippen molar-refractivity contribution < 1.29 is 19.1 Å². The number of hydrogen-bond acceptors (Lipinski definition) is 4. The van der Waals surface area contributed by atoms with Crippen molar-refractivity contribution in [1.29, 1.82) is 0 Å². The summed E-state index contributed by atoms with van der Waals surface area (Å²) in [7, 11) is 1.35. The molecule has 2 heterocycles. The first kappa shape index (κ1) is 22.4. The van der Waals surface area contributed by atoms with Crippen LogP contribution in [-0.2, 0) is 9.53 Å². The number of methoxy groups -OCH3 is 1. The maximum Gasteiger partial charge on any atom is 0.337 e. The van der Waals surface area contributed by atoms with Gasteiger partial charge in [0.2, 0.25) is 0 Å². The number of hydrogen-bond donors (Lipinski definition) is 1. The summed E-state index contributed by atoms with van der Waals surface area (Å²) in [5.74, 6) is -0.862.